The molecule has 0 fully saturated rings. The van der Waals surface area contributed by atoms with E-state index in [9.17, 15) is 15.3 Å². The maximum absolute atomic E-state index is 12.6. The molecule has 0 aliphatic rings. The number of hydrogen-bond donors (Lipinski definition) is 1. The summed E-state index contributed by atoms with van der Waals surface area (Å²) in [5, 5.41) is 21.8. The van der Waals surface area contributed by atoms with Crippen LogP contribution in [0.2, 0.25) is 5.15 Å². The van der Waals surface area contributed by atoms with E-state index in [4.69, 9.17) is 11.6 Å². The minimum absolute atomic E-state index is 0.125. The molecule has 0 aliphatic carbocycles. The normalized spacial score (nSPS) is 11.7. The second-order valence-electron chi connectivity index (χ2n) is 6.15. The molecule has 1 aromatic carbocycles. The van der Waals surface area contributed by atoms with Gasteiger partial charge in [0.25, 0.3) is 0 Å². The smallest absolute Gasteiger partial charge is 0.328 e. The Morgan fingerprint density at radius 3 is 2.74 bits per heavy atom. The first-order valence-corrected chi connectivity index (χ1v) is 8.78. The van der Waals surface area contributed by atoms with Gasteiger partial charge in [-0.1, -0.05) is 18.5 Å². The van der Waals surface area contributed by atoms with Crippen LogP contribution in [0.1, 0.15) is 18.9 Å². The first kappa shape index (κ1) is 18.5. The van der Waals surface area contributed by atoms with E-state index in [0.717, 1.165) is 11.0 Å². The zero-order valence-electron chi connectivity index (χ0n) is 14.9. The number of nitriles is 2. The van der Waals surface area contributed by atoms with Crippen LogP contribution >= 0.6 is 11.6 Å². The number of fused-ring (bicyclic) bond motifs is 1. The minimum atomic E-state index is -0.242. The van der Waals surface area contributed by atoms with Crippen LogP contribution in [0.15, 0.2) is 35.3 Å². The fourth-order valence-corrected chi connectivity index (χ4v) is 3.15. The van der Waals surface area contributed by atoms with E-state index >= 15 is 0 Å². The highest BCUT2D eigenvalue weighted by molar-refractivity contribution is 6.31. The molecule has 0 bridgehead atoms. The summed E-state index contributed by atoms with van der Waals surface area (Å²) < 4.78 is 3.18. The molecule has 1 unspecified atom stereocenters. The SMILES string of the molecule is CCC(C#N)Cn1c(=O)n(C)c2ccc(Nc3ccnc(Cl)c3C#N)cc21. The number of aromatic nitrogens is 3. The Hall–Kier alpha value is -3.29. The van der Waals surface area contributed by atoms with Crippen LogP contribution in [0.5, 0.6) is 0 Å². The number of aryl methyl sites for hydroxylation is 1. The molecule has 0 saturated carbocycles. The molecule has 1 atom stereocenters. The highest BCUT2D eigenvalue weighted by Gasteiger charge is 2.15. The monoisotopic (exact) mass is 380 g/mol. The molecular formula is C19H17ClN6O. The van der Waals surface area contributed by atoms with Crippen molar-refractivity contribution in [2.75, 3.05) is 5.32 Å². The number of anilines is 2. The average Bonchev–Trinajstić information content (AvgIpc) is 2.90. The Labute approximate surface area is 161 Å². The van der Waals surface area contributed by atoms with Crippen molar-refractivity contribution in [3.8, 4) is 12.1 Å². The summed E-state index contributed by atoms with van der Waals surface area (Å²) in [6, 6.07) is 11.4. The Kier molecular flexibility index (Phi) is 5.16. The number of halogens is 1. The van der Waals surface area contributed by atoms with Gasteiger partial charge in [0, 0.05) is 25.5 Å². The van der Waals surface area contributed by atoms with Gasteiger partial charge in [-0.15, -0.1) is 0 Å². The van der Waals surface area contributed by atoms with E-state index in [1.165, 1.54) is 6.20 Å². The number of benzene rings is 1. The largest absolute Gasteiger partial charge is 0.354 e. The topological polar surface area (TPSA) is 99.4 Å². The average molecular weight is 381 g/mol. The Bertz CT molecular complexity index is 1150. The zero-order chi connectivity index (χ0) is 19.6. The third-order valence-corrected chi connectivity index (χ3v) is 4.81. The zero-order valence-corrected chi connectivity index (χ0v) is 15.7. The molecule has 0 radical (unpaired) electrons. The Balaban J connectivity index is 2.08. The fraction of sp³-hybridized carbons (Fsp3) is 0.263. The lowest BCUT2D eigenvalue weighted by atomic mass is 10.1. The van der Waals surface area contributed by atoms with Gasteiger partial charge in [0.15, 0.2) is 0 Å². The van der Waals surface area contributed by atoms with Crippen LogP contribution in [-0.2, 0) is 13.6 Å². The molecule has 3 rings (SSSR count). The highest BCUT2D eigenvalue weighted by atomic mass is 35.5. The minimum Gasteiger partial charge on any atom is -0.354 e. The molecule has 136 valence electrons. The van der Waals surface area contributed by atoms with Crippen LogP contribution in [0.3, 0.4) is 0 Å². The van der Waals surface area contributed by atoms with Crippen LogP contribution in [-0.4, -0.2) is 14.1 Å². The van der Waals surface area contributed by atoms with Crippen LogP contribution in [0, 0.1) is 28.6 Å². The molecule has 0 aliphatic heterocycles. The molecule has 0 spiro atoms. The molecule has 0 saturated heterocycles. The number of imidazole rings is 1. The summed E-state index contributed by atoms with van der Waals surface area (Å²) in [6.07, 6.45) is 2.18. The lowest BCUT2D eigenvalue weighted by molar-refractivity contribution is 0.519. The number of hydrogen-bond acceptors (Lipinski definition) is 5. The summed E-state index contributed by atoms with van der Waals surface area (Å²) in [4.78, 5) is 16.5. The molecule has 8 heteroatoms. The van der Waals surface area contributed by atoms with Crippen molar-refractivity contribution >= 4 is 34.0 Å². The third kappa shape index (κ3) is 3.38. The number of nitrogens with one attached hydrogen (secondary N) is 1. The first-order valence-electron chi connectivity index (χ1n) is 8.40. The Morgan fingerprint density at radius 2 is 2.07 bits per heavy atom. The van der Waals surface area contributed by atoms with Gasteiger partial charge in [-0.05, 0) is 30.7 Å². The van der Waals surface area contributed by atoms with Crippen molar-refractivity contribution in [2.24, 2.45) is 13.0 Å². The van der Waals surface area contributed by atoms with Crippen LogP contribution in [0.25, 0.3) is 11.0 Å². The standard InChI is InChI=1S/C19H17ClN6O/c1-3-12(9-21)11-26-17-8-13(4-5-16(17)25(2)19(26)27)24-15-6-7-23-18(20)14(15)10-22/h4-8,12H,3,11H2,1-2H3,(H,23,24). The van der Waals surface area contributed by atoms with E-state index in [1.807, 2.05) is 31.2 Å². The molecule has 0 amide bonds. The highest BCUT2D eigenvalue weighted by Crippen LogP contribution is 2.27. The summed E-state index contributed by atoms with van der Waals surface area (Å²) >= 11 is 5.98. The molecular weight excluding hydrogens is 364 g/mol. The second kappa shape index (κ2) is 7.53. The van der Waals surface area contributed by atoms with Gasteiger partial charge in [0.05, 0.1) is 28.7 Å². The quantitative estimate of drug-likeness (QED) is 0.682. The van der Waals surface area contributed by atoms with Gasteiger partial charge in [-0.25, -0.2) is 9.78 Å². The number of pyridine rings is 1. The van der Waals surface area contributed by atoms with Gasteiger partial charge < -0.3 is 5.32 Å². The molecule has 3 aromatic rings. The second-order valence-corrected chi connectivity index (χ2v) is 6.51. The van der Waals surface area contributed by atoms with E-state index in [-0.39, 0.29) is 22.3 Å². The van der Waals surface area contributed by atoms with E-state index in [1.54, 1.807) is 22.2 Å². The first-order chi connectivity index (χ1) is 13.0. The van der Waals surface area contributed by atoms with Crippen molar-refractivity contribution in [2.45, 2.75) is 19.9 Å². The van der Waals surface area contributed by atoms with Crippen LogP contribution < -0.4 is 11.0 Å². The van der Waals surface area contributed by atoms with E-state index in [2.05, 4.69) is 16.4 Å². The van der Waals surface area contributed by atoms with E-state index < -0.39 is 0 Å². The van der Waals surface area contributed by atoms with Gasteiger partial charge in [-0.2, -0.15) is 10.5 Å². The molecule has 1 N–H and O–H groups in total. The molecule has 2 aromatic heterocycles. The summed E-state index contributed by atoms with van der Waals surface area (Å²) in [5.74, 6) is -0.242. The van der Waals surface area contributed by atoms with Crippen molar-refractivity contribution in [3.05, 3.63) is 51.7 Å². The van der Waals surface area contributed by atoms with Gasteiger partial charge in [0.2, 0.25) is 0 Å². The third-order valence-electron chi connectivity index (χ3n) is 4.52. The van der Waals surface area contributed by atoms with Gasteiger partial charge in [0.1, 0.15) is 16.8 Å². The lowest BCUT2D eigenvalue weighted by Gasteiger charge is -2.11. The van der Waals surface area contributed by atoms with Crippen molar-refractivity contribution in [1.29, 1.82) is 10.5 Å². The molecule has 27 heavy (non-hydrogen) atoms. The van der Waals surface area contributed by atoms with Crippen molar-refractivity contribution in [3.63, 3.8) is 0 Å². The summed E-state index contributed by atoms with van der Waals surface area (Å²) in [7, 11) is 1.71. The van der Waals surface area contributed by atoms with E-state index in [0.29, 0.717) is 24.3 Å². The lowest BCUT2D eigenvalue weighted by Crippen LogP contribution is -2.24. The molecule has 2 heterocycles. The van der Waals surface area contributed by atoms with Crippen molar-refractivity contribution < 1.29 is 0 Å². The predicted molar refractivity (Wildman–Crippen MR) is 104 cm³/mol. The maximum Gasteiger partial charge on any atom is 0.328 e. The number of nitrogens with zero attached hydrogens (tertiary/aromatic N) is 5. The Morgan fingerprint density at radius 1 is 1.30 bits per heavy atom. The predicted octanol–water partition coefficient (Wildman–Crippen LogP) is 3.55. The summed E-state index contributed by atoms with van der Waals surface area (Å²) in [5.41, 5.74) is 2.81. The van der Waals surface area contributed by atoms with Crippen molar-refractivity contribution in [1.82, 2.24) is 14.1 Å². The summed E-state index contributed by atoms with van der Waals surface area (Å²) in [6.45, 7) is 2.25. The fourth-order valence-electron chi connectivity index (χ4n) is 2.95. The number of rotatable bonds is 5. The maximum atomic E-state index is 12.6. The molecule has 7 nitrogen and oxygen atoms in total. The van der Waals surface area contributed by atoms with Crippen LogP contribution in [0.4, 0.5) is 11.4 Å². The van der Waals surface area contributed by atoms with Gasteiger partial charge >= 0.3 is 5.69 Å². The van der Waals surface area contributed by atoms with Gasteiger partial charge in [-0.3, -0.25) is 9.13 Å².